The van der Waals surface area contributed by atoms with Gasteiger partial charge in [-0.2, -0.15) is 0 Å². The van der Waals surface area contributed by atoms with Crippen molar-refractivity contribution in [3.63, 3.8) is 0 Å². The van der Waals surface area contributed by atoms with E-state index in [1.807, 2.05) is 0 Å². The smallest absolute Gasteiger partial charge is 0.156 e. The Balaban J connectivity index is 2.76. The molecule has 0 fully saturated rings. The van der Waals surface area contributed by atoms with Gasteiger partial charge in [-0.1, -0.05) is 46.4 Å². The summed E-state index contributed by atoms with van der Waals surface area (Å²) in [7, 11) is 0. The second kappa shape index (κ2) is 8.08. The Morgan fingerprint density at radius 1 is 1.26 bits per heavy atom. The van der Waals surface area contributed by atoms with E-state index in [1.165, 1.54) is 6.08 Å². The third kappa shape index (κ3) is 6.11. The Morgan fingerprint density at radius 2 is 1.84 bits per heavy atom. The predicted molar refractivity (Wildman–Crippen MR) is 78.9 cm³/mol. The first-order valence-electron chi connectivity index (χ1n) is 5.34. The topological polar surface area (TPSA) is 38.7 Å². The molecule has 1 aromatic rings. The van der Waals surface area contributed by atoms with Gasteiger partial charge in [0.15, 0.2) is 5.75 Å². The van der Waals surface area contributed by atoms with E-state index in [0.717, 1.165) is 0 Å². The zero-order valence-corrected chi connectivity index (χ0v) is 13.0. The van der Waals surface area contributed by atoms with Crippen molar-refractivity contribution in [2.24, 2.45) is 0 Å². The van der Waals surface area contributed by atoms with Crippen LogP contribution in [0.4, 0.5) is 0 Å². The van der Waals surface area contributed by atoms with Crippen LogP contribution in [0.3, 0.4) is 0 Å². The fourth-order valence-corrected chi connectivity index (χ4v) is 1.86. The van der Waals surface area contributed by atoms with Gasteiger partial charge in [-0.05, 0) is 13.0 Å². The molecule has 0 bridgehead atoms. The third-order valence-corrected chi connectivity index (χ3v) is 2.80. The second-order valence-electron chi connectivity index (χ2n) is 3.68. The molecule has 7 heteroatoms. The number of halogens is 4. The molecular formula is C12H12Cl4O3. The van der Waals surface area contributed by atoms with E-state index in [4.69, 9.17) is 61.0 Å². The molecule has 0 saturated heterocycles. The highest BCUT2D eigenvalue weighted by Crippen LogP contribution is 2.37. The van der Waals surface area contributed by atoms with Gasteiger partial charge in [0.05, 0.1) is 16.1 Å². The summed E-state index contributed by atoms with van der Waals surface area (Å²) in [5.74, 6) is 0.771. The van der Waals surface area contributed by atoms with Crippen LogP contribution in [0.15, 0.2) is 22.7 Å². The van der Waals surface area contributed by atoms with E-state index in [-0.39, 0.29) is 17.7 Å². The molecule has 3 nitrogen and oxygen atoms in total. The highest BCUT2D eigenvalue weighted by Gasteiger charge is 2.11. The van der Waals surface area contributed by atoms with Crippen molar-refractivity contribution in [2.75, 3.05) is 13.2 Å². The number of benzene rings is 1. The van der Waals surface area contributed by atoms with E-state index in [1.54, 1.807) is 19.1 Å². The summed E-state index contributed by atoms with van der Waals surface area (Å²) < 4.78 is 10.8. The van der Waals surface area contributed by atoms with Gasteiger partial charge in [0.1, 0.15) is 23.5 Å². The quantitative estimate of drug-likeness (QED) is 0.827. The number of aliphatic hydroxyl groups is 1. The molecule has 1 atom stereocenters. The van der Waals surface area contributed by atoms with Crippen molar-refractivity contribution >= 4 is 46.4 Å². The molecule has 1 unspecified atom stereocenters. The fraction of sp³-hybridized carbons (Fsp3) is 0.333. The van der Waals surface area contributed by atoms with Crippen LogP contribution in [0.1, 0.15) is 6.92 Å². The molecule has 0 spiro atoms. The van der Waals surface area contributed by atoms with E-state index in [2.05, 4.69) is 0 Å². The molecule has 0 heterocycles. The van der Waals surface area contributed by atoms with Gasteiger partial charge in [0, 0.05) is 12.1 Å². The Kier molecular flexibility index (Phi) is 7.11. The lowest BCUT2D eigenvalue weighted by molar-refractivity contribution is 0.123. The molecule has 1 N–H and O–H groups in total. The summed E-state index contributed by atoms with van der Waals surface area (Å²) in [6.07, 6.45) is 0.877. The SMILES string of the molecule is CC(O)COc1c(Cl)cc(OCC=C(Cl)Cl)cc1Cl. The fourth-order valence-electron chi connectivity index (χ4n) is 1.16. The van der Waals surface area contributed by atoms with Crippen molar-refractivity contribution in [3.05, 3.63) is 32.7 Å². The molecule has 19 heavy (non-hydrogen) atoms. The van der Waals surface area contributed by atoms with Crippen LogP contribution >= 0.6 is 46.4 Å². The first kappa shape index (κ1) is 16.7. The van der Waals surface area contributed by atoms with Gasteiger partial charge in [0.25, 0.3) is 0 Å². The van der Waals surface area contributed by atoms with E-state index in [0.29, 0.717) is 21.5 Å². The van der Waals surface area contributed by atoms with Gasteiger partial charge in [-0.3, -0.25) is 0 Å². The lowest BCUT2D eigenvalue weighted by Gasteiger charge is -2.13. The van der Waals surface area contributed by atoms with Crippen LogP contribution < -0.4 is 9.47 Å². The Bertz CT molecular complexity index is 433. The maximum Gasteiger partial charge on any atom is 0.156 e. The normalized spacial score (nSPS) is 11.9. The number of ether oxygens (including phenoxy) is 2. The van der Waals surface area contributed by atoms with Crippen LogP contribution in [-0.2, 0) is 0 Å². The van der Waals surface area contributed by atoms with Crippen LogP contribution in [0.2, 0.25) is 10.0 Å². The third-order valence-electron chi connectivity index (χ3n) is 1.93. The molecule has 0 aromatic heterocycles. The maximum absolute atomic E-state index is 9.15. The Hall–Kier alpha value is -0.320. The van der Waals surface area contributed by atoms with Crippen LogP contribution in [-0.4, -0.2) is 24.4 Å². The molecule has 0 amide bonds. The van der Waals surface area contributed by atoms with Crippen LogP contribution in [0.25, 0.3) is 0 Å². The highest BCUT2D eigenvalue weighted by molar-refractivity contribution is 6.55. The van der Waals surface area contributed by atoms with Gasteiger partial charge < -0.3 is 14.6 Å². The van der Waals surface area contributed by atoms with E-state index >= 15 is 0 Å². The van der Waals surface area contributed by atoms with Gasteiger partial charge in [-0.25, -0.2) is 0 Å². The molecule has 1 rings (SSSR count). The van der Waals surface area contributed by atoms with Crippen molar-refractivity contribution in [1.82, 2.24) is 0 Å². The van der Waals surface area contributed by atoms with Crippen molar-refractivity contribution in [3.8, 4) is 11.5 Å². The van der Waals surface area contributed by atoms with E-state index in [9.17, 15) is 0 Å². The molecule has 0 radical (unpaired) electrons. The largest absolute Gasteiger partial charge is 0.489 e. The molecule has 0 aliphatic rings. The molecular weight excluding hydrogens is 334 g/mol. The minimum Gasteiger partial charge on any atom is -0.489 e. The zero-order chi connectivity index (χ0) is 14.4. The van der Waals surface area contributed by atoms with Crippen LogP contribution in [0.5, 0.6) is 11.5 Å². The minimum atomic E-state index is -0.612. The summed E-state index contributed by atoms with van der Waals surface area (Å²) in [6.45, 7) is 1.90. The maximum atomic E-state index is 9.15. The summed E-state index contributed by atoms with van der Waals surface area (Å²) in [6, 6.07) is 3.11. The zero-order valence-electron chi connectivity index (χ0n) is 10.00. The monoisotopic (exact) mass is 344 g/mol. The number of aliphatic hydroxyl groups excluding tert-OH is 1. The van der Waals surface area contributed by atoms with Crippen molar-refractivity contribution in [2.45, 2.75) is 13.0 Å². The number of rotatable bonds is 6. The Morgan fingerprint density at radius 3 is 2.32 bits per heavy atom. The molecule has 0 aliphatic heterocycles. The van der Waals surface area contributed by atoms with E-state index < -0.39 is 6.10 Å². The highest BCUT2D eigenvalue weighted by atomic mass is 35.5. The first-order chi connectivity index (χ1) is 8.90. The van der Waals surface area contributed by atoms with Crippen molar-refractivity contribution < 1.29 is 14.6 Å². The number of hydrogen-bond acceptors (Lipinski definition) is 3. The van der Waals surface area contributed by atoms with Gasteiger partial charge in [0.2, 0.25) is 0 Å². The summed E-state index contributed by atoms with van der Waals surface area (Å²) >= 11 is 22.9. The predicted octanol–water partition coefficient (Wildman–Crippen LogP) is 4.45. The summed E-state index contributed by atoms with van der Waals surface area (Å²) in [5, 5.41) is 9.74. The average Bonchev–Trinajstić information content (AvgIpc) is 2.26. The summed E-state index contributed by atoms with van der Waals surface area (Å²) in [4.78, 5) is 0. The van der Waals surface area contributed by atoms with Crippen LogP contribution in [0, 0.1) is 0 Å². The lowest BCUT2D eigenvalue weighted by Crippen LogP contribution is -2.13. The number of hydrogen-bond donors (Lipinski definition) is 1. The lowest BCUT2D eigenvalue weighted by atomic mass is 10.3. The molecule has 1 aromatic carbocycles. The Labute approximate surface area is 131 Å². The summed E-state index contributed by atoms with van der Waals surface area (Å²) in [5.41, 5.74) is 0. The van der Waals surface area contributed by atoms with Gasteiger partial charge in [-0.15, -0.1) is 0 Å². The molecule has 0 aliphatic carbocycles. The first-order valence-corrected chi connectivity index (χ1v) is 6.85. The molecule has 106 valence electrons. The van der Waals surface area contributed by atoms with Crippen molar-refractivity contribution in [1.29, 1.82) is 0 Å². The molecule has 0 saturated carbocycles. The second-order valence-corrected chi connectivity index (χ2v) is 5.50. The van der Waals surface area contributed by atoms with Gasteiger partial charge >= 0.3 is 0 Å². The average molecular weight is 346 g/mol. The standard InChI is InChI=1S/C12H12Cl4O3/c1-7(17)6-19-12-9(13)4-8(5-10(12)14)18-3-2-11(15)16/h2,4-5,7,17H,3,6H2,1H3. The minimum absolute atomic E-state index is 0.101.